The van der Waals surface area contributed by atoms with Gasteiger partial charge >= 0.3 is 0 Å². The number of fused-ring (bicyclic) bond motifs is 1. The number of hydrogen-bond acceptors (Lipinski definition) is 6. The summed E-state index contributed by atoms with van der Waals surface area (Å²) in [6, 6.07) is 15.2. The molecule has 1 amide bonds. The van der Waals surface area contributed by atoms with Gasteiger partial charge in [0.15, 0.2) is 11.5 Å². The lowest BCUT2D eigenvalue weighted by atomic mass is 9.95. The monoisotopic (exact) mass is 405 g/mol. The van der Waals surface area contributed by atoms with E-state index in [1.165, 1.54) is 11.9 Å². The molecular formula is C22H23N5O3. The average Bonchev–Trinajstić information content (AvgIpc) is 3.21. The molecule has 8 heteroatoms. The molecule has 0 unspecified atom stereocenters. The third-order valence-electron chi connectivity index (χ3n) is 5.05. The van der Waals surface area contributed by atoms with Crippen LogP contribution in [0.1, 0.15) is 24.1 Å². The molecule has 1 aliphatic heterocycles. The Labute approximate surface area is 174 Å². The van der Waals surface area contributed by atoms with Crippen molar-refractivity contribution in [3.63, 3.8) is 0 Å². The van der Waals surface area contributed by atoms with Crippen molar-refractivity contribution in [2.24, 2.45) is 5.73 Å². The van der Waals surface area contributed by atoms with E-state index in [0.29, 0.717) is 35.3 Å². The van der Waals surface area contributed by atoms with Crippen molar-refractivity contribution in [2.45, 2.75) is 19.4 Å². The zero-order chi connectivity index (χ0) is 21.1. The predicted octanol–water partition coefficient (Wildman–Crippen LogP) is 2.68. The number of nitrogens with two attached hydrogens (primary N) is 1. The summed E-state index contributed by atoms with van der Waals surface area (Å²) in [5.74, 6) is 1.23. The lowest BCUT2D eigenvalue weighted by molar-refractivity contribution is -0.115. The number of nitrogens with zero attached hydrogens (tertiary/aromatic N) is 3. The molecule has 0 saturated heterocycles. The van der Waals surface area contributed by atoms with E-state index in [4.69, 9.17) is 15.2 Å². The minimum atomic E-state index is -0.520. The van der Waals surface area contributed by atoms with Gasteiger partial charge in [0.25, 0.3) is 0 Å². The summed E-state index contributed by atoms with van der Waals surface area (Å²) in [5, 5.41) is 7.34. The molecule has 3 aromatic rings. The Morgan fingerprint density at radius 3 is 2.73 bits per heavy atom. The fourth-order valence-corrected chi connectivity index (χ4v) is 3.62. The number of methoxy groups -OCH3 is 1. The van der Waals surface area contributed by atoms with Crippen LogP contribution in [0.4, 0.5) is 5.95 Å². The highest BCUT2D eigenvalue weighted by atomic mass is 16.5. The Bertz CT molecular complexity index is 1090. The summed E-state index contributed by atoms with van der Waals surface area (Å²) in [6.45, 7) is 2.31. The van der Waals surface area contributed by atoms with Crippen LogP contribution in [0, 0.1) is 0 Å². The van der Waals surface area contributed by atoms with Crippen LogP contribution in [0.25, 0.3) is 0 Å². The lowest BCUT2D eigenvalue weighted by Crippen LogP contribution is -2.31. The topological polar surface area (TPSA) is 104 Å². The van der Waals surface area contributed by atoms with Crippen LogP contribution in [-0.4, -0.2) is 34.4 Å². The van der Waals surface area contributed by atoms with E-state index in [0.717, 1.165) is 12.0 Å². The molecule has 1 atom stereocenters. The van der Waals surface area contributed by atoms with Crippen LogP contribution in [0.2, 0.25) is 0 Å². The maximum absolute atomic E-state index is 12.2. The molecule has 3 N–H and O–H groups in total. The molecule has 0 fully saturated rings. The van der Waals surface area contributed by atoms with E-state index in [2.05, 4.69) is 27.5 Å². The summed E-state index contributed by atoms with van der Waals surface area (Å²) >= 11 is 0. The normalized spacial score (nSPS) is 15.3. The van der Waals surface area contributed by atoms with Gasteiger partial charge in [0.05, 0.1) is 19.3 Å². The molecule has 0 bridgehead atoms. The van der Waals surface area contributed by atoms with Gasteiger partial charge in [-0.15, -0.1) is 0 Å². The number of primary amides is 1. The van der Waals surface area contributed by atoms with Gasteiger partial charge in [-0.3, -0.25) is 4.79 Å². The fraction of sp³-hybridized carbons (Fsp3) is 0.227. The second-order valence-corrected chi connectivity index (χ2v) is 6.95. The first kappa shape index (κ1) is 19.5. The van der Waals surface area contributed by atoms with Gasteiger partial charge in [0.2, 0.25) is 11.9 Å². The SMILES string of the molecule is COc1cc([C@H]2C(C(N)=O)=C(C)Nc3ncnn32)ccc1OCCc1ccccc1. The standard InChI is InChI=1S/C22H23N5O3/c1-14-19(21(23)28)20(27-22(26-14)24-13-25-27)16-8-9-17(18(12-16)29-2)30-11-10-15-6-4-3-5-7-15/h3-9,12-13,20H,10-11H2,1-2H3,(H2,23,28)(H,24,25,26)/t20-/m0/s1. The lowest BCUT2D eigenvalue weighted by Gasteiger charge is -2.28. The second-order valence-electron chi connectivity index (χ2n) is 6.95. The van der Waals surface area contributed by atoms with E-state index >= 15 is 0 Å². The van der Waals surface area contributed by atoms with Crippen molar-refractivity contribution in [3.05, 3.63) is 77.3 Å². The maximum Gasteiger partial charge on any atom is 0.248 e. The molecule has 0 aliphatic carbocycles. The molecule has 1 aromatic heterocycles. The predicted molar refractivity (Wildman–Crippen MR) is 112 cm³/mol. The number of ether oxygens (including phenoxy) is 2. The molecule has 0 saturated carbocycles. The van der Waals surface area contributed by atoms with Gasteiger partial charge in [0.1, 0.15) is 12.4 Å². The maximum atomic E-state index is 12.2. The van der Waals surface area contributed by atoms with Crippen molar-refractivity contribution in [3.8, 4) is 11.5 Å². The molecule has 8 nitrogen and oxygen atoms in total. The average molecular weight is 405 g/mol. The summed E-state index contributed by atoms with van der Waals surface area (Å²) in [5.41, 5.74) is 8.75. The Hall–Kier alpha value is -3.81. The number of carbonyl (C=O) groups is 1. The van der Waals surface area contributed by atoms with E-state index < -0.39 is 11.9 Å². The van der Waals surface area contributed by atoms with Gasteiger partial charge in [-0.1, -0.05) is 36.4 Å². The summed E-state index contributed by atoms with van der Waals surface area (Å²) in [6.07, 6.45) is 2.22. The van der Waals surface area contributed by atoms with Crippen molar-refractivity contribution < 1.29 is 14.3 Å². The van der Waals surface area contributed by atoms with Crippen molar-refractivity contribution in [1.29, 1.82) is 0 Å². The smallest absolute Gasteiger partial charge is 0.248 e. The first-order valence-electron chi connectivity index (χ1n) is 9.60. The highest BCUT2D eigenvalue weighted by molar-refractivity contribution is 5.95. The molecular weight excluding hydrogens is 382 g/mol. The Balaban J connectivity index is 1.61. The first-order valence-corrected chi connectivity index (χ1v) is 9.60. The van der Waals surface area contributed by atoms with Gasteiger partial charge in [0, 0.05) is 12.1 Å². The van der Waals surface area contributed by atoms with E-state index in [9.17, 15) is 4.79 Å². The number of benzene rings is 2. The number of allylic oxidation sites excluding steroid dienone is 1. The highest BCUT2D eigenvalue weighted by Gasteiger charge is 2.32. The van der Waals surface area contributed by atoms with E-state index in [-0.39, 0.29) is 0 Å². The Morgan fingerprint density at radius 1 is 1.20 bits per heavy atom. The number of nitrogens with one attached hydrogen (secondary N) is 1. The molecule has 0 radical (unpaired) electrons. The largest absolute Gasteiger partial charge is 0.493 e. The van der Waals surface area contributed by atoms with Crippen LogP contribution >= 0.6 is 0 Å². The summed E-state index contributed by atoms with van der Waals surface area (Å²) < 4.78 is 13.1. The third kappa shape index (κ3) is 3.71. The molecule has 1 aliphatic rings. The molecule has 30 heavy (non-hydrogen) atoms. The third-order valence-corrected chi connectivity index (χ3v) is 5.05. The zero-order valence-electron chi connectivity index (χ0n) is 16.8. The quantitative estimate of drug-likeness (QED) is 0.626. The number of anilines is 1. The van der Waals surface area contributed by atoms with Crippen molar-refractivity contribution >= 4 is 11.9 Å². The zero-order valence-corrected chi connectivity index (χ0v) is 16.8. The minimum absolute atomic E-state index is 0.424. The van der Waals surface area contributed by atoms with Crippen molar-refractivity contribution in [1.82, 2.24) is 14.8 Å². The molecule has 2 heterocycles. The van der Waals surface area contributed by atoms with Crippen LogP contribution < -0.4 is 20.5 Å². The molecule has 4 rings (SSSR count). The van der Waals surface area contributed by atoms with Crippen LogP contribution in [0.5, 0.6) is 11.5 Å². The number of amides is 1. The van der Waals surface area contributed by atoms with Crippen LogP contribution in [0.3, 0.4) is 0 Å². The molecule has 0 spiro atoms. The number of hydrogen-bond donors (Lipinski definition) is 2. The summed E-state index contributed by atoms with van der Waals surface area (Å²) in [4.78, 5) is 16.4. The number of aromatic nitrogens is 3. The van der Waals surface area contributed by atoms with E-state index in [1.807, 2.05) is 36.4 Å². The molecule has 2 aromatic carbocycles. The highest BCUT2D eigenvalue weighted by Crippen LogP contribution is 2.38. The number of carbonyl (C=O) groups excluding carboxylic acids is 1. The second kappa shape index (κ2) is 8.28. The minimum Gasteiger partial charge on any atom is -0.493 e. The van der Waals surface area contributed by atoms with Gasteiger partial charge in [-0.2, -0.15) is 10.1 Å². The van der Waals surface area contributed by atoms with Gasteiger partial charge < -0.3 is 20.5 Å². The number of rotatable bonds is 7. The first-order chi connectivity index (χ1) is 14.6. The molecule has 154 valence electrons. The van der Waals surface area contributed by atoms with Gasteiger partial charge in [-0.25, -0.2) is 4.68 Å². The van der Waals surface area contributed by atoms with Crippen LogP contribution in [0.15, 0.2) is 66.1 Å². The summed E-state index contributed by atoms with van der Waals surface area (Å²) in [7, 11) is 1.59. The fourth-order valence-electron chi connectivity index (χ4n) is 3.62. The van der Waals surface area contributed by atoms with Gasteiger partial charge in [-0.05, 0) is 30.2 Å². The Kier molecular flexibility index (Phi) is 5.38. The van der Waals surface area contributed by atoms with Crippen molar-refractivity contribution in [2.75, 3.05) is 19.0 Å². The Morgan fingerprint density at radius 2 is 2.00 bits per heavy atom. The van der Waals surface area contributed by atoms with Crippen LogP contribution in [-0.2, 0) is 11.2 Å². The van der Waals surface area contributed by atoms with E-state index in [1.54, 1.807) is 18.7 Å².